The van der Waals surface area contributed by atoms with Crippen molar-refractivity contribution in [1.29, 1.82) is 0 Å². The number of carbonyl (C=O) groups excluding carboxylic acids is 2. The molecule has 1 saturated carbocycles. The Morgan fingerprint density at radius 3 is 2.43 bits per heavy atom. The highest BCUT2D eigenvalue weighted by molar-refractivity contribution is 5.92. The van der Waals surface area contributed by atoms with Gasteiger partial charge in [0.15, 0.2) is 0 Å². The van der Waals surface area contributed by atoms with Crippen molar-refractivity contribution in [3.05, 3.63) is 47.7 Å². The van der Waals surface area contributed by atoms with Crippen LogP contribution in [0.1, 0.15) is 39.2 Å². The number of hydrogen-bond donors (Lipinski definition) is 1. The van der Waals surface area contributed by atoms with E-state index in [0.717, 1.165) is 18.4 Å². The van der Waals surface area contributed by atoms with E-state index in [0.29, 0.717) is 5.92 Å². The summed E-state index contributed by atoms with van der Waals surface area (Å²) in [5.41, 5.74) is 0.421. The minimum atomic E-state index is -0.652. The maximum Gasteiger partial charge on any atom is 0.412 e. The van der Waals surface area contributed by atoms with Crippen LogP contribution in [0.15, 0.2) is 42.1 Å². The fourth-order valence-electron chi connectivity index (χ4n) is 1.87. The minimum absolute atomic E-state index is 0.151. The zero-order chi connectivity index (χ0) is 16.9. The number of benzene rings is 1. The molecule has 0 aliphatic heterocycles. The molecule has 1 aliphatic carbocycles. The average Bonchev–Trinajstić information content (AvgIpc) is 3.27. The first kappa shape index (κ1) is 17.1. The van der Waals surface area contributed by atoms with Crippen LogP contribution in [0.25, 0.3) is 0 Å². The lowest BCUT2D eigenvalue weighted by molar-refractivity contribution is -0.140. The number of rotatable bonds is 5. The smallest absolute Gasteiger partial charge is 0.412 e. The third-order valence-corrected chi connectivity index (χ3v) is 3.09. The first-order valence-electron chi connectivity index (χ1n) is 7.76. The quantitative estimate of drug-likeness (QED) is 0.666. The standard InChI is InChI=1S/C18H23NO4/c1-18(2,3)23-17(21)19-15(11-13-9-10-13)16(20)22-12-14-7-5-4-6-8-14/h4-8,11,13H,9-10,12H2,1-3H3,(H,19,21)/b15-11+. The molecule has 1 aliphatic rings. The van der Waals surface area contributed by atoms with Gasteiger partial charge in [-0.3, -0.25) is 5.32 Å². The normalized spacial score (nSPS) is 15.0. The Bertz CT molecular complexity index is 583. The maximum absolute atomic E-state index is 12.2. The van der Waals surface area contributed by atoms with Gasteiger partial charge < -0.3 is 9.47 Å². The monoisotopic (exact) mass is 317 g/mol. The summed E-state index contributed by atoms with van der Waals surface area (Å²) in [5.74, 6) is -0.226. The first-order chi connectivity index (χ1) is 10.8. The van der Waals surface area contributed by atoms with Crippen LogP contribution in [0.2, 0.25) is 0 Å². The van der Waals surface area contributed by atoms with E-state index in [4.69, 9.17) is 9.47 Å². The molecule has 0 saturated heterocycles. The summed E-state index contributed by atoms with van der Waals surface area (Å²) < 4.78 is 10.5. The van der Waals surface area contributed by atoms with Gasteiger partial charge in [-0.15, -0.1) is 0 Å². The minimum Gasteiger partial charge on any atom is -0.456 e. The molecule has 0 unspecified atom stereocenters. The lowest BCUT2D eigenvalue weighted by Gasteiger charge is -2.20. The molecule has 2 rings (SSSR count). The Morgan fingerprint density at radius 1 is 1.22 bits per heavy atom. The van der Waals surface area contributed by atoms with E-state index in [-0.39, 0.29) is 12.3 Å². The van der Waals surface area contributed by atoms with E-state index in [9.17, 15) is 9.59 Å². The van der Waals surface area contributed by atoms with Crippen LogP contribution in [0, 0.1) is 5.92 Å². The molecule has 0 aromatic heterocycles. The fourth-order valence-corrected chi connectivity index (χ4v) is 1.87. The molecule has 1 aromatic carbocycles. The predicted octanol–water partition coefficient (Wildman–Crippen LogP) is 3.55. The van der Waals surface area contributed by atoms with Crippen molar-refractivity contribution in [3.63, 3.8) is 0 Å². The Hall–Kier alpha value is -2.30. The summed E-state index contributed by atoms with van der Waals surface area (Å²) in [4.78, 5) is 24.1. The highest BCUT2D eigenvalue weighted by Gasteiger charge is 2.25. The van der Waals surface area contributed by atoms with Gasteiger partial charge in [0.2, 0.25) is 0 Å². The number of esters is 1. The fraction of sp³-hybridized carbons (Fsp3) is 0.444. The maximum atomic E-state index is 12.2. The number of alkyl carbamates (subject to hydrolysis) is 1. The zero-order valence-corrected chi connectivity index (χ0v) is 13.8. The van der Waals surface area contributed by atoms with Gasteiger partial charge in [-0.25, -0.2) is 9.59 Å². The van der Waals surface area contributed by atoms with Crippen molar-refractivity contribution in [1.82, 2.24) is 5.32 Å². The van der Waals surface area contributed by atoms with E-state index in [1.807, 2.05) is 30.3 Å². The van der Waals surface area contributed by atoms with Crippen molar-refractivity contribution in [3.8, 4) is 0 Å². The summed E-state index contributed by atoms with van der Waals surface area (Å²) in [6.45, 7) is 5.47. The number of nitrogens with one attached hydrogen (secondary N) is 1. The van der Waals surface area contributed by atoms with Gasteiger partial charge in [-0.2, -0.15) is 0 Å². The van der Waals surface area contributed by atoms with Crippen LogP contribution in [-0.4, -0.2) is 17.7 Å². The third-order valence-electron chi connectivity index (χ3n) is 3.09. The van der Waals surface area contributed by atoms with Crippen LogP contribution in [0.5, 0.6) is 0 Å². The summed E-state index contributed by atoms with van der Waals surface area (Å²) >= 11 is 0. The molecule has 0 atom stereocenters. The molecule has 1 N–H and O–H groups in total. The highest BCUT2D eigenvalue weighted by Crippen LogP contribution is 2.31. The van der Waals surface area contributed by atoms with Crippen LogP contribution >= 0.6 is 0 Å². The first-order valence-corrected chi connectivity index (χ1v) is 7.76. The number of hydrogen-bond acceptors (Lipinski definition) is 4. The molecular formula is C18H23NO4. The largest absolute Gasteiger partial charge is 0.456 e. The topological polar surface area (TPSA) is 64.6 Å². The summed E-state index contributed by atoms with van der Waals surface area (Å²) in [7, 11) is 0. The Labute approximate surface area is 136 Å². The van der Waals surface area contributed by atoms with Crippen LogP contribution < -0.4 is 5.32 Å². The molecule has 1 amide bonds. The molecule has 5 heteroatoms. The SMILES string of the molecule is CC(C)(C)OC(=O)N/C(=C/C1CC1)C(=O)OCc1ccccc1. The van der Waals surface area contributed by atoms with Crippen molar-refractivity contribution in [2.45, 2.75) is 45.8 Å². The molecule has 23 heavy (non-hydrogen) atoms. The van der Waals surface area contributed by atoms with Gasteiger partial charge >= 0.3 is 12.1 Å². The molecule has 1 aromatic rings. The van der Waals surface area contributed by atoms with Crippen LogP contribution in [0.4, 0.5) is 4.79 Å². The van der Waals surface area contributed by atoms with Crippen molar-refractivity contribution >= 4 is 12.1 Å². The molecular weight excluding hydrogens is 294 g/mol. The Balaban J connectivity index is 1.95. The summed E-state index contributed by atoms with van der Waals surface area (Å²) in [6, 6.07) is 9.40. The highest BCUT2D eigenvalue weighted by atomic mass is 16.6. The van der Waals surface area contributed by atoms with Crippen molar-refractivity contribution < 1.29 is 19.1 Å². The summed E-state index contributed by atoms with van der Waals surface area (Å²) in [6.07, 6.45) is 3.13. The Kier molecular flexibility index (Phi) is 5.42. The van der Waals surface area contributed by atoms with Gasteiger partial charge in [0.25, 0.3) is 0 Å². The number of amides is 1. The van der Waals surface area contributed by atoms with E-state index in [1.165, 1.54) is 0 Å². The number of carbonyl (C=O) groups is 2. The lowest BCUT2D eigenvalue weighted by atomic mass is 10.2. The molecule has 1 fully saturated rings. The molecule has 124 valence electrons. The van der Waals surface area contributed by atoms with Crippen LogP contribution in [0.3, 0.4) is 0 Å². The molecule has 0 heterocycles. The molecule has 0 spiro atoms. The van der Waals surface area contributed by atoms with E-state index in [2.05, 4.69) is 5.32 Å². The van der Waals surface area contributed by atoms with Gasteiger partial charge in [-0.1, -0.05) is 36.4 Å². The average molecular weight is 317 g/mol. The number of allylic oxidation sites excluding steroid dienone is 1. The second-order valence-electron chi connectivity index (χ2n) is 6.61. The van der Waals surface area contributed by atoms with Gasteiger partial charge in [-0.05, 0) is 45.1 Å². The van der Waals surface area contributed by atoms with Crippen LogP contribution in [-0.2, 0) is 20.9 Å². The van der Waals surface area contributed by atoms with Gasteiger partial charge in [0.1, 0.15) is 17.9 Å². The van der Waals surface area contributed by atoms with Crippen molar-refractivity contribution in [2.75, 3.05) is 0 Å². The van der Waals surface area contributed by atoms with E-state index < -0.39 is 17.7 Å². The van der Waals surface area contributed by atoms with Gasteiger partial charge in [0, 0.05) is 0 Å². The predicted molar refractivity (Wildman–Crippen MR) is 86.4 cm³/mol. The Morgan fingerprint density at radius 2 is 1.87 bits per heavy atom. The number of ether oxygens (including phenoxy) is 2. The zero-order valence-electron chi connectivity index (χ0n) is 13.8. The second kappa shape index (κ2) is 7.31. The molecule has 5 nitrogen and oxygen atoms in total. The van der Waals surface area contributed by atoms with E-state index in [1.54, 1.807) is 26.8 Å². The second-order valence-corrected chi connectivity index (χ2v) is 6.61. The molecule has 0 bridgehead atoms. The third kappa shape index (κ3) is 6.55. The van der Waals surface area contributed by atoms with Gasteiger partial charge in [0.05, 0.1) is 0 Å². The van der Waals surface area contributed by atoms with Crippen molar-refractivity contribution in [2.24, 2.45) is 5.92 Å². The van der Waals surface area contributed by atoms with E-state index >= 15 is 0 Å². The molecule has 0 radical (unpaired) electrons. The summed E-state index contributed by atoms with van der Waals surface area (Å²) in [5, 5.41) is 2.51. The lowest BCUT2D eigenvalue weighted by Crippen LogP contribution is -2.34.